The number of benzene rings is 2. The van der Waals surface area contributed by atoms with E-state index in [4.69, 9.17) is 0 Å². The normalized spacial score (nSPS) is 14.4. The molecular formula is C20H15NZr. The molecule has 0 bridgehead atoms. The van der Waals surface area contributed by atoms with E-state index in [-0.39, 0.29) is 26.2 Å². The second-order valence-electron chi connectivity index (χ2n) is 5.24. The van der Waals surface area contributed by atoms with Crippen molar-refractivity contribution in [3.63, 3.8) is 0 Å². The van der Waals surface area contributed by atoms with E-state index in [0.29, 0.717) is 0 Å². The zero-order chi connectivity index (χ0) is 14.1. The molecule has 0 atom stereocenters. The molecule has 0 saturated carbocycles. The molecule has 0 fully saturated rings. The van der Waals surface area contributed by atoms with Gasteiger partial charge in [-0.25, -0.2) is 12.2 Å². The van der Waals surface area contributed by atoms with Gasteiger partial charge in [-0.15, -0.1) is 18.7 Å². The van der Waals surface area contributed by atoms with Crippen molar-refractivity contribution in [3.05, 3.63) is 92.5 Å². The van der Waals surface area contributed by atoms with Crippen LogP contribution in [0.1, 0.15) is 12.0 Å². The van der Waals surface area contributed by atoms with Gasteiger partial charge in [0, 0.05) is 0 Å². The van der Waals surface area contributed by atoms with Crippen molar-refractivity contribution < 1.29 is 26.2 Å². The van der Waals surface area contributed by atoms with Gasteiger partial charge < -0.3 is 5.32 Å². The average molecular weight is 361 g/mol. The van der Waals surface area contributed by atoms with Gasteiger partial charge in [-0.3, -0.25) is 6.08 Å². The first-order valence-electron chi connectivity index (χ1n) is 7.27. The Bertz CT molecular complexity index is 958. The molecule has 0 aromatic heterocycles. The summed E-state index contributed by atoms with van der Waals surface area (Å²) in [6.45, 7) is 0.829. The molecule has 1 nitrogen and oxygen atoms in total. The van der Waals surface area contributed by atoms with Crippen LogP contribution in [-0.4, -0.2) is 6.54 Å². The van der Waals surface area contributed by atoms with Gasteiger partial charge in [-0.1, -0.05) is 42.5 Å². The third kappa shape index (κ3) is 2.68. The number of allylic oxidation sites excluding steroid dienone is 4. The maximum absolute atomic E-state index is 4.57. The molecule has 2 aromatic carbocycles. The third-order valence-corrected chi connectivity index (χ3v) is 3.95. The van der Waals surface area contributed by atoms with Gasteiger partial charge in [0.05, 0.1) is 0 Å². The first kappa shape index (κ1) is 15.2. The van der Waals surface area contributed by atoms with E-state index in [2.05, 4.69) is 66.0 Å². The third-order valence-electron chi connectivity index (χ3n) is 3.95. The molecule has 0 N–H and O–H groups in total. The van der Waals surface area contributed by atoms with Crippen LogP contribution in [0, 0.1) is 16.5 Å². The van der Waals surface area contributed by atoms with Gasteiger partial charge in [0.15, 0.2) is 0 Å². The SMILES string of the molecule is C1=c2ccc3c(c2[N-]C1)C=c1ccccc1=3.[C-]1=CC=CC1.[Zr+2]. The van der Waals surface area contributed by atoms with Gasteiger partial charge in [0.25, 0.3) is 0 Å². The molecule has 22 heavy (non-hydrogen) atoms. The summed E-state index contributed by atoms with van der Waals surface area (Å²) in [7, 11) is 0. The monoisotopic (exact) mass is 359 g/mol. The fourth-order valence-corrected chi connectivity index (χ4v) is 2.95. The molecule has 3 aliphatic rings. The Morgan fingerprint density at radius 3 is 2.64 bits per heavy atom. The van der Waals surface area contributed by atoms with Gasteiger partial charge in [-0.05, 0) is 32.5 Å². The molecule has 2 aromatic rings. The largest absolute Gasteiger partial charge is 2.00 e. The minimum Gasteiger partial charge on any atom is -0.680 e. The molecule has 1 heterocycles. The van der Waals surface area contributed by atoms with Crippen molar-refractivity contribution in [2.24, 2.45) is 0 Å². The second-order valence-corrected chi connectivity index (χ2v) is 5.24. The van der Waals surface area contributed by atoms with Crippen molar-refractivity contribution in [2.75, 3.05) is 6.54 Å². The summed E-state index contributed by atoms with van der Waals surface area (Å²) in [5.74, 6) is 0. The molecule has 5 rings (SSSR count). The van der Waals surface area contributed by atoms with Crippen molar-refractivity contribution in [3.8, 4) is 0 Å². The van der Waals surface area contributed by atoms with Crippen LogP contribution in [0.25, 0.3) is 17.5 Å². The van der Waals surface area contributed by atoms with E-state index >= 15 is 0 Å². The van der Waals surface area contributed by atoms with E-state index in [9.17, 15) is 0 Å². The van der Waals surface area contributed by atoms with Gasteiger partial charge in [-0.2, -0.15) is 6.08 Å². The van der Waals surface area contributed by atoms with Crippen molar-refractivity contribution in [1.82, 2.24) is 0 Å². The smallest absolute Gasteiger partial charge is 0.680 e. The number of hydrogen-bond donors (Lipinski definition) is 0. The van der Waals surface area contributed by atoms with Crippen LogP contribution in [0.5, 0.6) is 0 Å². The standard InChI is InChI=1S/C15H10N.C5H5.Zr/c1-2-4-12-11(3-1)9-14-13(12)6-5-10-7-8-16-15(10)14;1-2-4-5-3-1;/h1-7,9H,8H2;1-3H,4H2;/q2*-1;+2. The van der Waals surface area contributed by atoms with Crippen molar-refractivity contribution in [2.45, 2.75) is 6.42 Å². The van der Waals surface area contributed by atoms with Crippen LogP contribution >= 0.6 is 0 Å². The first-order valence-corrected chi connectivity index (χ1v) is 7.27. The maximum Gasteiger partial charge on any atom is 2.00 e. The maximum atomic E-state index is 4.57. The Kier molecular flexibility index (Phi) is 4.59. The van der Waals surface area contributed by atoms with Crippen LogP contribution < -0.4 is 10.4 Å². The number of rotatable bonds is 0. The minimum atomic E-state index is 0. The fourth-order valence-electron chi connectivity index (χ4n) is 2.95. The number of hydrogen-bond acceptors (Lipinski definition) is 0. The molecule has 1 aliphatic heterocycles. The van der Waals surface area contributed by atoms with Crippen LogP contribution in [0.15, 0.2) is 54.6 Å². The summed E-state index contributed by atoms with van der Waals surface area (Å²) in [4.78, 5) is 0. The zero-order valence-electron chi connectivity index (χ0n) is 12.2. The van der Waals surface area contributed by atoms with Gasteiger partial charge in [0.1, 0.15) is 0 Å². The van der Waals surface area contributed by atoms with E-state index in [1.807, 2.05) is 12.2 Å². The molecule has 2 heteroatoms. The predicted octanol–water partition coefficient (Wildman–Crippen LogP) is 3.22. The minimum absolute atomic E-state index is 0. The Balaban J connectivity index is 0.000000208. The van der Waals surface area contributed by atoms with Gasteiger partial charge in [0.2, 0.25) is 0 Å². The zero-order valence-corrected chi connectivity index (χ0v) is 14.7. The van der Waals surface area contributed by atoms with Crippen molar-refractivity contribution >= 4 is 17.8 Å². The quantitative estimate of drug-likeness (QED) is 0.547. The van der Waals surface area contributed by atoms with Gasteiger partial charge >= 0.3 is 26.2 Å². The summed E-state index contributed by atoms with van der Waals surface area (Å²) >= 11 is 0. The molecule has 104 valence electrons. The van der Waals surface area contributed by atoms with Crippen LogP contribution in [-0.2, 0) is 26.2 Å². The van der Waals surface area contributed by atoms with E-state index < -0.39 is 0 Å². The van der Waals surface area contributed by atoms with E-state index in [0.717, 1.165) is 13.0 Å². The Labute approximate surface area is 149 Å². The topological polar surface area (TPSA) is 14.1 Å². The fraction of sp³-hybridized carbons (Fsp3) is 0.100. The Hall–Kier alpha value is -1.66. The molecular weight excluding hydrogens is 345 g/mol. The summed E-state index contributed by atoms with van der Waals surface area (Å²) < 4.78 is 0. The predicted molar refractivity (Wildman–Crippen MR) is 87.3 cm³/mol. The average Bonchev–Trinajstić information content (AvgIpc) is 3.27. The number of nitrogens with zero attached hydrogens (tertiary/aromatic N) is 1. The molecule has 2 aliphatic carbocycles. The molecule has 0 spiro atoms. The number of fused-ring (bicyclic) bond motifs is 4. The molecule has 0 saturated heterocycles. The van der Waals surface area contributed by atoms with Crippen LogP contribution in [0.4, 0.5) is 5.69 Å². The Morgan fingerprint density at radius 2 is 1.86 bits per heavy atom. The summed E-state index contributed by atoms with van der Waals surface area (Å²) in [6, 6.07) is 12.9. The van der Waals surface area contributed by atoms with E-state index in [1.54, 1.807) is 0 Å². The molecule has 0 amide bonds. The van der Waals surface area contributed by atoms with E-state index in [1.165, 1.54) is 32.1 Å². The van der Waals surface area contributed by atoms with Crippen molar-refractivity contribution in [1.29, 1.82) is 0 Å². The van der Waals surface area contributed by atoms with Crippen LogP contribution in [0.3, 0.4) is 0 Å². The molecule has 0 radical (unpaired) electrons. The summed E-state index contributed by atoms with van der Waals surface area (Å²) in [6.07, 6.45) is 14.4. The Morgan fingerprint density at radius 1 is 0.955 bits per heavy atom. The summed E-state index contributed by atoms with van der Waals surface area (Å²) in [5.41, 5.74) is 2.47. The summed E-state index contributed by atoms with van der Waals surface area (Å²) in [5, 5.41) is 9.82. The van der Waals surface area contributed by atoms with Crippen LogP contribution in [0.2, 0.25) is 0 Å². The molecule has 0 unspecified atom stereocenters. The second kappa shape index (κ2) is 6.63. The first-order chi connectivity index (χ1) is 10.4.